The second-order valence-electron chi connectivity index (χ2n) is 3.29. The van der Waals surface area contributed by atoms with Crippen molar-refractivity contribution in [3.05, 3.63) is 12.2 Å². The summed E-state index contributed by atoms with van der Waals surface area (Å²) in [5, 5.41) is 3.57. The van der Waals surface area contributed by atoms with Crippen molar-refractivity contribution in [1.29, 1.82) is 0 Å². The van der Waals surface area contributed by atoms with Gasteiger partial charge in [-0.25, -0.2) is 0 Å². The molecule has 1 atom stereocenters. The average Bonchev–Trinajstić information content (AvgIpc) is 2.07. The van der Waals surface area contributed by atoms with E-state index in [0.717, 1.165) is 6.04 Å². The van der Waals surface area contributed by atoms with E-state index in [2.05, 4.69) is 24.4 Å². The Morgan fingerprint density at radius 2 is 2.36 bits per heavy atom. The Balaban J connectivity index is 2.02. The molecule has 1 nitrogen and oxygen atoms in total. The molecular weight excluding hydrogens is 134 g/mol. The maximum Gasteiger partial charge on any atom is 0.0104 e. The number of hydrogen-bond donors (Lipinski definition) is 1. The van der Waals surface area contributed by atoms with E-state index in [1.54, 1.807) is 0 Å². The van der Waals surface area contributed by atoms with E-state index < -0.39 is 0 Å². The Morgan fingerprint density at radius 1 is 1.45 bits per heavy atom. The fourth-order valence-corrected chi connectivity index (χ4v) is 1.46. The van der Waals surface area contributed by atoms with Gasteiger partial charge < -0.3 is 5.32 Å². The van der Waals surface area contributed by atoms with Crippen LogP contribution in [0, 0.1) is 0 Å². The van der Waals surface area contributed by atoms with Crippen molar-refractivity contribution in [2.75, 3.05) is 6.54 Å². The smallest absolute Gasteiger partial charge is 0.0104 e. The monoisotopic (exact) mass is 153 g/mol. The Labute approximate surface area is 69.9 Å². The normalized spacial score (nSPS) is 23.9. The lowest BCUT2D eigenvalue weighted by molar-refractivity contribution is 0.468. The van der Waals surface area contributed by atoms with Crippen molar-refractivity contribution in [3.63, 3.8) is 0 Å². The minimum atomic E-state index is 0.770. The summed E-state index contributed by atoms with van der Waals surface area (Å²) < 4.78 is 0. The van der Waals surface area contributed by atoms with E-state index in [9.17, 15) is 0 Å². The minimum Gasteiger partial charge on any atom is -0.314 e. The molecule has 1 aliphatic carbocycles. The Bertz CT molecular complexity index is 118. The van der Waals surface area contributed by atoms with Gasteiger partial charge in [0, 0.05) is 6.04 Å². The van der Waals surface area contributed by atoms with E-state index in [4.69, 9.17) is 0 Å². The van der Waals surface area contributed by atoms with Crippen LogP contribution in [-0.4, -0.2) is 12.6 Å². The molecule has 11 heavy (non-hydrogen) atoms. The first-order chi connectivity index (χ1) is 5.43. The van der Waals surface area contributed by atoms with Gasteiger partial charge in [0.2, 0.25) is 0 Å². The second kappa shape index (κ2) is 5.36. The molecule has 0 saturated heterocycles. The topological polar surface area (TPSA) is 12.0 Å². The summed E-state index contributed by atoms with van der Waals surface area (Å²) in [6.45, 7) is 3.44. The van der Waals surface area contributed by atoms with Crippen LogP contribution < -0.4 is 5.32 Å². The van der Waals surface area contributed by atoms with Crippen molar-refractivity contribution in [1.82, 2.24) is 5.32 Å². The highest BCUT2D eigenvalue weighted by Gasteiger charge is 2.06. The summed E-state index contributed by atoms with van der Waals surface area (Å²) in [6, 6.07) is 0.770. The lowest BCUT2D eigenvalue weighted by Gasteiger charge is -2.18. The summed E-state index contributed by atoms with van der Waals surface area (Å²) in [6.07, 6.45) is 11.1. The van der Waals surface area contributed by atoms with Gasteiger partial charge in [0.1, 0.15) is 0 Å². The van der Waals surface area contributed by atoms with Crippen molar-refractivity contribution in [2.24, 2.45) is 0 Å². The van der Waals surface area contributed by atoms with Crippen molar-refractivity contribution < 1.29 is 0 Å². The van der Waals surface area contributed by atoms with Crippen LogP contribution in [0.2, 0.25) is 0 Å². The zero-order chi connectivity index (χ0) is 7.94. The standard InChI is InChI=1S/C10H19N/c1-2-3-9-11-10-7-5-4-6-8-10/h4-5,10-11H,2-3,6-9H2,1H3. The lowest BCUT2D eigenvalue weighted by atomic mass is 10.0. The molecule has 0 aromatic rings. The zero-order valence-corrected chi connectivity index (χ0v) is 7.47. The molecule has 0 aromatic heterocycles. The third-order valence-corrected chi connectivity index (χ3v) is 2.23. The number of nitrogens with one attached hydrogen (secondary N) is 1. The van der Waals surface area contributed by atoms with Gasteiger partial charge in [-0.3, -0.25) is 0 Å². The number of hydrogen-bond acceptors (Lipinski definition) is 1. The van der Waals surface area contributed by atoms with Crippen LogP contribution in [0.3, 0.4) is 0 Å². The molecule has 64 valence electrons. The van der Waals surface area contributed by atoms with Gasteiger partial charge >= 0.3 is 0 Å². The van der Waals surface area contributed by atoms with Gasteiger partial charge in [0.15, 0.2) is 0 Å². The largest absolute Gasteiger partial charge is 0.314 e. The number of unbranched alkanes of at least 4 members (excludes halogenated alkanes) is 1. The molecule has 0 saturated carbocycles. The lowest BCUT2D eigenvalue weighted by Crippen LogP contribution is -2.30. The first-order valence-corrected chi connectivity index (χ1v) is 4.82. The Hall–Kier alpha value is -0.300. The van der Waals surface area contributed by atoms with Gasteiger partial charge in [-0.15, -0.1) is 0 Å². The summed E-state index contributed by atoms with van der Waals surface area (Å²) >= 11 is 0. The van der Waals surface area contributed by atoms with Gasteiger partial charge in [0.25, 0.3) is 0 Å². The maximum atomic E-state index is 3.57. The summed E-state index contributed by atoms with van der Waals surface area (Å²) in [7, 11) is 0. The SMILES string of the molecule is CCCCNC1CC=CCC1. The maximum absolute atomic E-state index is 3.57. The highest BCUT2D eigenvalue weighted by atomic mass is 14.9. The molecule has 1 rings (SSSR count). The third kappa shape index (κ3) is 3.57. The van der Waals surface area contributed by atoms with Crippen LogP contribution in [0.5, 0.6) is 0 Å². The van der Waals surface area contributed by atoms with E-state index >= 15 is 0 Å². The molecule has 0 fully saturated rings. The number of rotatable bonds is 4. The molecule has 0 spiro atoms. The molecule has 1 unspecified atom stereocenters. The molecule has 0 bridgehead atoms. The van der Waals surface area contributed by atoms with E-state index in [1.807, 2.05) is 0 Å². The van der Waals surface area contributed by atoms with Crippen molar-refractivity contribution >= 4 is 0 Å². The molecule has 1 aliphatic rings. The van der Waals surface area contributed by atoms with Crippen LogP contribution >= 0.6 is 0 Å². The van der Waals surface area contributed by atoms with Crippen molar-refractivity contribution in [2.45, 2.75) is 45.1 Å². The molecule has 1 heteroatoms. The van der Waals surface area contributed by atoms with Gasteiger partial charge in [-0.05, 0) is 32.2 Å². The molecule has 0 radical (unpaired) electrons. The quantitative estimate of drug-likeness (QED) is 0.483. The van der Waals surface area contributed by atoms with Gasteiger partial charge in [-0.1, -0.05) is 25.5 Å². The van der Waals surface area contributed by atoms with E-state index in [-0.39, 0.29) is 0 Å². The molecule has 0 aliphatic heterocycles. The highest BCUT2D eigenvalue weighted by molar-refractivity contribution is 4.92. The Kier molecular flexibility index (Phi) is 4.29. The minimum absolute atomic E-state index is 0.770. The van der Waals surface area contributed by atoms with Crippen LogP contribution in [0.25, 0.3) is 0 Å². The predicted molar refractivity (Wildman–Crippen MR) is 49.7 cm³/mol. The molecule has 0 heterocycles. The average molecular weight is 153 g/mol. The van der Waals surface area contributed by atoms with Gasteiger partial charge in [0.05, 0.1) is 0 Å². The molecule has 0 aromatic carbocycles. The van der Waals surface area contributed by atoms with Crippen molar-refractivity contribution in [3.8, 4) is 0 Å². The molecule has 1 N–H and O–H groups in total. The predicted octanol–water partition coefficient (Wildman–Crippen LogP) is 2.48. The first-order valence-electron chi connectivity index (χ1n) is 4.82. The van der Waals surface area contributed by atoms with E-state index in [0.29, 0.717) is 0 Å². The van der Waals surface area contributed by atoms with Crippen LogP contribution in [-0.2, 0) is 0 Å². The fraction of sp³-hybridized carbons (Fsp3) is 0.800. The third-order valence-electron chi connectivity index (χ3n) is 2.23. The molecular formula is C10H19N. The van der Waals surface area contributed by atoms with Gasteiger partial charge in [-0.2, -0.15) is 0 Å². The summed E-state index contributed by atoms with van der Waals surface area (Å²) in [5.41, 5.74) is 0. The highest BCUT2D eigenvalue weighted by Crippen LogP contribution is 2.10. The fourth-order valence-electron chi connectivity index (χ4n) is 1.46. The zero-order valence-electron chi connectivity index (χ0n) is 7.47. The summed E-state index contributed by atoms with van der Waals surface area (Å²) in [5.74, 6) is 0. The number of allylic oxidation sites excluding steroid dienone is 1. The van der Waals surface area contributed by atoms with Crippen LogP contribution in [0.1, 0.15) is 39.0 Å². The van der Waals surface area contributed by atoms with Crippen LogP contribution in [0.4, 0.5) is 0 Å². The second-order valence-corrected chi connectivity index (χ2v) is 3.29. The van der Waals surface area contributed by atoms with E-state index in [1.165, 1.54) is 38.6 Å². The first kappa shape index (κ1) is 8.79. The summed E-state index contributed by atoms with van der Waals surface area (Å²) in [4.78, 5) is 0. The Morgan fingerprint density at radius 3 is 3.00 bits per heavy atom. The van der Waals surface area contributed by atoms with Crippen LogP contribution in [0.15, 0.2) is 12.2 Å². The molecule has 0 amide bonds.